The summed E-state index contributed by atoms with van der Waals surface area (Å²) >= 11 is 0. The molecule has 0 radical (unpaired) electrons. The van der Waals surface area contributed by atoms with E-state index in [4.69, 9.17) is 5.73 Å². The van der Waals surface area contributed by atoms with E-state index in [9.17, 15) is 9.18 Å². The highest BCUT2D eigenvalue weighted by Crippen LogP contribution is 2.22. The molecule has 1 aromatic carbocycles. The summed E-state index contributed by atoms with van der Waals surface area (Å²) in [6.45, 7) is 2.77. The monoisotopic (exact) mass is 341 g/mol. The first-order valence-corrected chi connectivity index (χ1v) is 7.88. The van der Waals surface area contributed by atoms with Gasteiger partial charge in [-0.2, -0.15) is 0 Å². The minimum atomic E-state index is -0.498. The van der Waals surface area contributed by atoms with Gasteiger partial charge in [0.05, 0.1) is 23.5 Å². The van der Waals surface area contributed by atoms with Crippen LogP contribution >= 0.6 is 0 Å². The summed E-state index contributed by atoms with van der Waals surface area (Å²) in [4.78, 5) is 31.4. The van der Waals surface area contributed by atoms with Crippen molar-refractivity contribution in [3.63, 3.8) is 0 Å². The highest BCUT2D eigenvalue weighted by molar-refractivity contribution is 6.04. The van der Waals surface area contributed by atoms with Gasteiger partial charge in [-0.3, -0.25) is 4.79 Å². The van der Waals surface area contributed by atoms with Crippen molar-refractivity contribution in [2.24, 2.45) is 5.73 Å². The Balaban J connectivity index is 1.52. The van der Waals surface area contributed by atoms with Crippen LogP contribution in [0.5, 0.6) is 0 Å². The summed E-state index contributed by atoms with van der Waals surface area (Å²) in [5.41, 5.74) is 7.16. The van der Waals surface area contributed by atoms with Crippen molar-refractivity contribution in [3.05, 3.63) is 42.0 Å². The molecule has 1 fully saturated rings. The van der Waals surface area contributed by atoms with Gasteiger partial charge in [0, 0.05) is 26.2 Å². The molecule has 0 spiro atoms. The number of nitrogens with two attached hydrogens (primary N) is 1. The Morgan fingerprint density at radius 2 is 1.80 bits per heavy atom. The van der Waals surface area contributed by atoms with E-state index in [1.807, 2.05) is 11.0 Å². The third-order valence-corrected chi connectivity index (χ3v) is 4.23. The fourth-order valence-corrected chi connectivity index (χ4v) is 2.95. The van der Waals surface area contributed by atoms with E-state index in [0.717, 1.165) is 5.52 Å². The number of rotatable bonds is 3. The van der Waals surface area contributed by atoms with Crippen LogP contribution in [0.4, 0.5) is 16.3 Å². The van der Waals surface area contributed by atoms with Gasteiger partial charge in [0.2, 0.25) is 11.9 Å². The Kier molecular flexibility index (Phi) is 3.68. The third kappa shape index (κ3) is 2.84. The molecule has 0 bridgehead atoms. The van der Waals surface area contributed by atoms with Gasteiger partial charge in [-0.1, -0.05) is 6.07 Å². The van der Waals surface area contributed by atoms with Crippen LogP contribution in [0.2, 0.25) is 0 Å². The maximum atomic E-state index is 12.9. The number of primary amides is 1. The molecule has 3 aromatic rings. The molecule has 0 saturated carbocycles. The molecular formula is C16H16FN7O. The number of H-pyrrole nitrogens is 1. The van der Waals surface area contributed by atoms with Crippen molar-refractivity contribution < 1.29 is 9.18 Å². The number of hydrogen-bond donors (Lipinski definition) is 2. The lowest BCUT2D eigenvalue weighted by atomic mass is 10.2. The molecule has 9 heteroatoms. The number of imidazole rings is 1. The lowest BCUT2D eigenvalue weighted by Gasteiger charge is -2.34. The minimum Gasteiger partial charge on any atom is -0.366 e. The van der Waals surface area contributed by atoms with Crippen LogP contribution in [0.25, 0.3) is 11.0 Å². The van der Waals surface area contributed by atoms with Crippen LogP contribution < -0.4 is 15.5 Å². The number of hydrogen-bond acceptors (Lipinski definition) is 6. The number of aromatic amines is 1. The van der Waals surface area contributed by atoms with E-state index in [1.165, 1.54) is 12.4 Å². The molecule has 1 saturated heterocycles. The molecule has 128 valence electrons. The van der Waals surface area contributed by atoms with Crippen LogP contribution in [-0.4, -0.2) is 52.0 Å². The second-order valence-electron chi connectivity index (χ2n) is 5.80. The molecule has 3 N–H and O–H groups in total. The molecule has 1 aliphatic heterocycles. The highest BCUT2D eigenvalue weighted by Gasteiger charge is 2.22. The van der Waals surface area contributed by atoms with Crippen molar-refractivity contribution in [3.8, 4) is 0 Å². The number of nitrogens with zero attached hydrogens (tertiary/aromatic N) is 5. The maximum absolute atomic E-state index is 12.9. The van der Waals surface area contributed by atoms with Gasteiger partial charge < -0.3 is 20.5 Å². The summed E-state index contributed by atoms with van der Waals surface area (Å²) in [6.07, 6.45) is 2.33. The average Bonchev–Trinajstić information content (AvgIpc) is 3.06. The Labute approximate surface area is 142 Å². The van der Waals surface area contributed by atoms with Gasteiger partial charge in [-0.25, -0.2) is 19.3 Å². The molecule has 8 nitrogen and oxygen atoms in total. The normalized spacial score (nSPS) is 14.9. The molecule has 0 aliphatic carbocycles. The summed E-state index contributed by atoms with van der Waals surface area (Å²) in [6, 6.07) is 5.30. The molecule has 4 rings (SSSR count). The zero-order chi connectivity index (χ0) is 17.4. The molecule has 25 heavy (non-hydrogen) atoms. The van der Waals surface area contributed by atoms with E-state index in [0.29, 0.717) is 49.2 Å². The van der Waals surface area contributed by atoms with Crippen molar-refractivity contribution in [2.45, 2.75) is 0 Å². The molecule has 1 aliphatic rings. The first-order valence-electron chi connectivity index (χ1n) is 7.88. The minimum absolute atomic E-state index is 0.401. The fourth-order valence-electron chi connectivity index (χ4n) is 2.95. The maximum Gasteiger partial charge on any atom is 0.250 e. The molecule has 0 unspecified atom stereocenters. The van der Waals surface area contributed by atoms with E-state index in [2.05, 4.69) is 24.8 Å². The van der Waals surface area contributed by atoms with E-state index in [-0.39, 0.29) is 0 Å². The van der Waals surface area contributed by atoms with Crippen molar-refractivity contribution >= 4 is 28.8 Å². The number of benzene rings is 1. The fraction of sp³-hybridized carbons (Fsp3) is 0.250. The predicted octanol–water partition coefficient (Wildman–Crippen LogP) is 0.917. The van der Waals surface area contributed by atoms with Crippen LogP contribution in [0.15, 0.2) is 30.6 Å². The standard InChI is InChI=1S/C16H16FN7O/c17-10-8-19-15(20-9-10)23-4-6-24(7-5-23)16-21-12-3-1-2-11(14(18)25)13(12)22-16/h1-3,8-9H,4-7H2,(H2,18,25)(H,21,22). The number of para-hydroxylation sites is 1. The Morgan fingerprint density at radius 1 is 1.12 bits per heavy atom. The third-order valence-electron chi connectivity index (χ3n) is 4.23. The average molecular weight is 341 g/mol. The smallest absolute Gasteiger partial charge is 0.250 e. The Hall–Kier alpha value is -3.23. The van der Waals surface area contributed by atoms with E-state index in [1.54, 1.807) is 12.1 Å². The number of halogens is 1. The number of anilines is 2. The van der Waals surface area contributed by atoms with Crippen molar-refractivity contribution in [1.82, 2.24) is 19.9 Å². The molecule has 2 aromatic heterocycles. The molecule has 3 heterocycles. The van der Waals surface area contributed by atoms with Crippen LogP contribution in [0, 0.1) is 5.82 Å². The Bertz CT molecular complexity index is 916. The molecule has 1 amide bonds. The van der Waals surface area contributed by atoms with Gasteiger partial charge in [0.1, 0.15) is 5.52 Å². The first-order chi connectivity index (χ1) is 12.1. The van der Waals surface area contributed by atoms with Gasteiger partial charge in [-0.05, 0) is 12.1 Å². The van der Waals surface area contributed by atoms with Gasteiger partial charge in [0.15, 0.2) is 5.82 Å². The molecular weight excluding hydrogens is 325 g/mol. The number of carbonyl (C=O) groups is 1. The van der Waals surface area contributed by atoms with Crippen LogP contribution in [-0.2, 0) is 0 Å². The predicted molar refractivity (Wildman–Crippen MR) is 91.0 cm³/mol. The van der Waals surface area contributed by atoms with Crippen LogP contribution in [0.1, 0.15) is 10.4 Å². The van der Waals surface area contributed by atoms with E-state index < -0.39 is 11.7 Å². The zero-order valence-electron chi connectivity index (χ0n) is 13.3. The van der Waals surface area contributed by atoms with Crippen molar-refractivity contribution in [1.29, 1.82) is 0 Å². The second kappa shape index (κ2) is 6.00. The zero-order valence-corrected chi connectivity index (χ0v) is 13.3. The summed E-state index contributed by atoms with van der Waals surface area (Å²) in [5, 5.41) is 0. The van der Waals surface area contributed by atoms with Gasteiger partial charge in [0.25, 0.3) is 5.91 Å². The largest absolute Gasteiger partial charge is 0.366 e. The highest BCUT2D eigenvalue weighted by atomic mass is 19.1. The molecule has 0 atom stereocenters. The van der Waals surface area contributed by atoms with Crippen LogP contribution in [0.3, 0.4) is 0 Å². The lowest BCUT2D eigenvalue weighted by Crippen LogP contribution is -2.47. The van der Waals surface area contributed by atoms with Gasteiger partial charge >= 0.3 is 0 Å². The summed E-state index contributed by atoms with van der Waals surface area (Å²) in [7, 11) is 0. The number of piperazine rings is 1. The topological polar surface area (TPSA) is 104 Å². The quantitative estimate of drug-likeness (QED) is 0.734. The Morgan fingerprint density at radius 3 is 2.48 bits per heavy atom. The second-order valence-corrected chi connectivity index (χ2v) is 5.80. The number of nitrogens with one attached hydrogen (secondary N) is 1. The SMILES string of the molecule is NC(=O)c1cccc2[nH]c(N3CCN(c4ncc(F)cn4)CC3)nc12. The number of carbonyl (C=O) groups excluding carboxylic acids is 1. The lowest BCUT2D eigenvalue weighted by molar-refractivity contribution is 0.100. The number of amides is 1. The summed E-state index contributed by atoms with van der Waals surface area (Å²) < 4.78 is 12.9. The number of aromatic nitrogens is 4. The van der Waals surface area contributed by atoms with Gasteiger partial charge in [-0.15, -0.1) is 0 Å². The van der Waals surface area contributed by atoms with E-state index >= 15 is 0 Å². The van der Waals surface area contributed by atoms with Crippen molar-refractivity contribution in [2.75, 3.05) is 36.0 Å². The summed E-state index contributed by atoms with van der Waals surface area (Å²) in [5.74, 6) is 0.266. The first kappa shape index (κ1) is 15.3. The number of fused-ring (bicyclic) bond motifs is 1.